The second-order valence-corrected chi connectivity index (χ2v) is 5.95. The highest BCUT2D eigenvalue weighted by Crippen LogP contribution is 2.42. The summed E-state index contributed by atoms with van der Waals surface area (Å²) < 4.78 is 11.6. The summed E-state index contributed by atoms with van der Waals surface area (Å²) in [5.41, 5.74) is 0.199. The van der Waals surface area contributed by atoms with E-state index in [0.717, 1.165) is 55.6 Å². The summed E-state index contributed by atoms with van der Waals surface area (Å²) in [5, 5.41) is 11.0. The topological polar surface area (TPSA) is 38.7 Å². The molecule has 0 aliphatic heterocycles. The van der Waals surface area contributed by atoms with Gasteiger partial charge in [-0.1, -0.05) is 33.1 Å². The number of hydrogen-bond acceptors (Lipinski definition) is 3. The highest BCUT2D eigenvalue weighted by atomic mass is 16.5. The van der Waals surface area contributed by atoms with E-state index in [-0.39, 0.29) is 0 Å². The van der Waals surface area contributed by atoms with Gasteiger partial charge in [-0.15, -0.1) is 0 Å². The molecule has 0 unspecified atom stereocenters. The third-order valence-corrected chi connectivity index (χ3v) is 4.07. The molecule has 1 N–H and O–H groups in total. The van der Waals surface area contributed by atoms with Crippen LogP contribution in [0.4, 0.5) is 0 Å². The van der Waals surface area contributed by atoms with E-state index >= 15 is 0 Å². The molecule has 118 valence electrons. The predicted octanol–water partition coefficient (Wildman–Crippen LogP) is 4.42. The molecule has 0 aromatic heterocycles. The molecule has 1 aliphatic rings. The molecule has 3 heteroatoms. The number of benzene rings is 1. The lowest BCUT2D eigenvalue weighted by Crippen LogP contribution is -2.29. The van der Waals surface area contributed by atoms with Crippen LogP contribution in [0.25, 0.3) is 0 Å². The van der Waals surface area contributed by atoms with Crippen LogP contribution in [0.3, 0.4) is 0 Å². The standard InChI is InChI=1S/C18H28O3/c1-3-12-20-15-8-9-16(17(14-15)21-13-4-2)18(19)10-6-5-7-11-18/h8-9,14,19H,3-7,10-13H2,1-2H3. The maximum atomic E-state index is 11.0. The zero-order valence-electron chi connectivity index (χ0n) is 13.4. The first-order valence-electron chi connectivity index (χ1n) is 8.32. The van der Waals surface area contributed by atoms with E-state index in [1.165, 1.54) is 6.42 Å². The first kappa shape index (κ1) is 16.2. The molecule has 21 heavy (non-hydrogen) atoms. The van der Waals surface area contributed by atoms with Crippen molar-refractivity contribution < 1.29 is 14.6 Å². The Labute approximate surface area is 128 Å². The summed E-state index contributed by atoms with van der Waals surface area (Å²) in [6.45, 7) is 5.55. The lowest BCUT2D eigenvalue weighted by atomic mass is 9.79. The largest absolute Gasteiger partial charge is 0.493 e. The fraction of sp³-hybridized carbons (Fsp3) is 0.667. The predicted molar refractivity (Wildman–Crippen MR) is 85.0 cm³/mol. The first-order chi connectivity index (χ1) is 10.2. The van der Waals surface area contributed by atoms with E-state index in [9.17, 15) is 5.11 Å². The Bertz CT molecular complexity index is 436. The molecular weight excluding hydrogens is 264 g/mol. The minimum atomic E-state index is -0.732. The van der Waals surface area contributed by atoms with Crippen molar-refractivity contribution in [2.75, 3.05) is 13.2 Å². The summed E-state index contributed by atoms with van der Waals surface area (Å²) >= 11 is 0. The van der Waals surface area contributed by atoms with E-state index < -0.39 is 5.60 Å². The molecule has 0 saturated heterocycles. The van der Waals surface area contributed by atoms with Crippen LogP contribution in [0.2, 0.25) is 0 Å². The number of rotatable bonds is 7. The van der Waals surface area contributed by atoms with Crippen LogP contribution >= 0.6 is 0 Å². The van der Waals surface area contributed by atoms with Gasteiger partial charge >= 0.3 is 0 Å². The second kappa shape index (κ2) is 7.69. The monoisotopic (exact) mass is 292 g/mol. The van der Waals surface area contributed by atoms with Crippen LogP contribution in [0.15, 0.2) is 18.2 Å². The first-order valence-corrected chi connectivity index (χ1v) is 8.32. The van der Waals surface area contributed by atoms with Crippen LogP contribution in [-0.4, -0.2) is 18.3 Å². The quantitative estimate of drug-likeness (QED) is 0.808. The van der Waals surface area contributed by atoms with Crippen molar-refractivity contribution in [3.63, 3.8) is 0 Å². The van der Waals surface area contributed by atoms with Gasteiger partial charge in [-0.2, -0.15) is 0 Å². The highest BCUT2D eigenvalue weighted by Gasteiger charge is 2.34. The van der Waals surface area contributed by atoms with Crippen molar-refractivity contribution in [1.29, 1.82) is 0 Å². The lowest BCUT2D eigenvalue weighted by Gasteiger charge is -2.34. The van der Waals surface area contributed by atoms with Gasteiger partial charge in [0.15, 0.2) is 0 Å². The Balaban J connectivity index is 2.25. The molecule has 1 fully saturated rings. The van der Waals surface area contributed by atoms with Crippen LogP contribution in [-0.2, 0) is 5.60 Å². The molecular formula is C18H28O3. The fourth-order valence-electron chi connectivity index (χ4n) is 2.93. The minimum absolute atomic E-state index is 0.667. The molecule has 0 radical (unpaired) electrons. The van der Waals surface area contributed by atoms with Gasteiger partial charge in [-0.05, 0) is 37.8 Å². The summed E-state index contributed by atoms with van der Waals surface area (Å²) in [5.74, 6) is 1.61. The summed E-state index contributed by atoms with van der Waals surface area (Å²) in [6.07, 6.45) is 6.96. The van der Waals surface area contributed by atoms with Crippen LogP contribution < -0.4 is 9.47 Å². The Morgan fingerprint density at radius 3 is 2.33 bits per heavy atom. The third-order valence-electron chi connectivity index (χ3n) is 4.07. The molecule has 3 nitrogen and oxygen atoms in total. The van der Waals surface area contributed by atoms with Gasteiger partial charge < -0.3 is 14.6 Å². The zero-order valence-corrected chi connectivity index (χ0v) is 13.4. The highest BCUT2D eigenvalue weighted by molar-refractivity contribution is 5.44. The maximum Gasteiger partial charge on any atom is 0.129 e. The SMILES string of the molecule is CCCOc1ccc(C2(O)CCCCC2)c(OCCC)c1. The van der Waals surface area contributed by atoms with E-state index in [4.69, 9.17) is 9.47 Å². The van der Waals surface area contributed by atoms with E-state index in [0.29, 0.717) is 13.2 Å². The van der Waals surface area contributed by atoms with Crippen molar-refractivity contribution in [2.24, 2.45) is 0 Å². The third kappa shape index (κ3) is 4.13. The molecule has 1 aromatic rings. The zero-order chi connectivity index (χ0) is 15.1. The smallest absolute Gasteiger partial charge is 0.129 e. The molecule has 2 rings (SSSR count). The van der Waals surface area contributed by atoms with Crippen molar-refractivity contribution in [3.8, 4) is 11.5 Å². The molecule has 1 saturated carbocycles. The summed E-state index contributed by atoms with van der Waals surface area (Å²) in [7, 11) is 0. The van der Waals surface area contributed by atoms with Gasteiger partial charge in [-0.3, -0.25) is 0 Å². The summed E-state index contributed by atoms with van der Waals surface area (Å²) in [6, 6.07) is 5.88. The average molecular weight is 292 g/mol. The van der Waals surface area contributed by atoms with E-state index in [1.807, 2.05) is 18.2 Å². The summed E-state index contributed by atoms with van der Waals surface area (Å²) in [4.78, 5) is 0. The molecule has 0 heterocycles. The van der Waals surface area contributed by atoms with Gasteiger partial charge in [0, 0.05) is 11.6 Å². The maximum absolute atomic E-state index is 11.0. The van der Waals surface area contributed by atoms with E-state index in [2.05, 4.69) is 13.8 Å². The van der Waals surface area contributed by atoms with Crippen LogP contribution in [0.1, 0.15) is 64.4 Å². The van der Waals surface area contributed by atoms with Crippen molar-refractivity contribution in [1.82, 2.24) is 0 Å². The Kier molecular flexibility index (Phi) is 5.92. The number of ether oxygens (including phenoxy) is 2. The van der Waals surface area contributed by atoms with Gasteiger partial charge in [0.25, 0.3) is 0 Å². The van der Waals surface area contributed by atoms with Gasteiger partial charge in [0.2, 0.25) is 0 Å². The Morgan fingerprint density at radius 2 is 1.67 bits per heavy atom. The van der Waals surface area contributed by atoms with E-state index in [1.54, 1.807) is 0 Å². The Hall–Kier alpha value is -1.22. The van der Waals surface area contributed by atoms with Gasteiger partial charge in [-0.25, -0.2) is 0 Å². The van der Waals surface area contributed by atoms with Crippen molar-refractivity contribution in [2.45, 2.75) is 64.4 Å². The average Bonchev–Trinajstić information content (AvgIpc) is 2.51. The number of hydrogen-bond donors (Lipinski definition) is 1. The molecule has 0 spiro atoms. The molecule has 0 amide bonds. The molecule has 0 atom stereocenters. The fourth-order valence-corrected chi connectivity index (χ4v) is 2.93. The lowest BCUT2D eigenvalue weighted by molar-refractivity contribution is -0.00308. The molecule has 1 aliphatic carbocycles. The minimum Gasteiger partial charge on any atom is -0.493 e. The van der Waals surface area contributed by atoms with Crippen LogP contribution in [0, 0.1) is 0 Å². The molecule has 1 aromatic carbocycles. The Morgan fingerprint density at radius 1 is 1.00 bits per heavy atom. The second-order valence-electron chi connectivity index (χ2n) is 5.95. The van der Waals surface area contributed by atoms with Crippen LogP contribution in [0.5, 0.6) is 11.5 Å². The molecule has 0 bridgehead atoms. The van der Waals surface area contributed by atoms with Crippen molar-refractivity contribution in [3.05, 3.63) is 23.8 Å². The van der Waals surface area contributed by atoms with Gasteiger partial charge in [0.1, 0.15) is 11.5 Å². The van der Waals surface area contributed by atoms with Crippen molar-refractivity contribution >= 4 is 0 Å². The van der Waals surface area contributed by atoms with Gasteiger partial charge in [0.05, 0.1) is 18.8 Å². The normalized spacial score (nSPS) is 17.5. The number of aliphatic hydroxyl groups is 1.